The number of hydrogen-bond acceptors (Lipinski definition) is 3. The summed E-state index contributed by atoms with van der Waals surface area (Å²) in [5, 5.41) is 12.7. The fraction of sp³-hybridized carbons (Fsp3) is 1.00. The molecule has 1 aliphatic heterocycles. The van der Waals surface area contributed by atoms with Gasteiger partial charge >= 0.3 is 0 Å². The van der Waals surface area contributed by atoms with E-state index in [9.17, 15) is 5.11 Å². The Morgan fingerprint density at radius 2 is 2.29 bits per heavy atom. The van der Waals surface area contributed by atoms with Crippen LogP contribution < -0.4 is 0 Å². The van der Waals surface area contributed by atoms with E-state index in [-0.39, 0.29) is 12.6 Å². The van der Waals surface area contributed by atoms with Crippen molar-refractivity contribution >= 4 is 0 Å². The number of aliphatic hydroxyl groups excluding tert-OH is 1. The Morgan fingerprint density at radius 3 is 3.00 bits per heavy atom. The summed E-state index contributed by atoms with van der Waals surface area (Å²) in [6.45, 7) is 2.52. The van der Waals surface area contributed by atoms with Crippen LogP contribution in [0.1, 0.15) is 25.7 Å². The van der Waals surface area contributed by atoms with Crippen molar-refractivity contribution < 1.29 is 5.11 Å². The summed E-state index contributed by atoms with van der Waals surface area (Å²) in [4.78, 5) is 4.97. The van der Waals surface area contributed by atoms with Crippen LogP contribution >= 0.6 is 0 Å². The van der Waals surface area contributed by atoms with E-state index in [0.29, 0.717) is 6.54 Å². The fourth-order valence-corrected chi connectivity index (χ4v) is 1.96. The summed E-state index contributed by atoms with van der Waals surface area (Å²) in [6.07, 6.45) is 4.69. The molecule has 0 bridgehead atoms. The van der Waals surface area contributed by atoms with Crippen molar-refractivity contribution in [3.05, 3.63) is 10.4 Å². The minimum absolute atomic E-state index is 0.219. The molecule has 1 saturated heterocycles. The molecule has 1 aliphatic rings. The molecular formula is C9H18N4O. The smallest absolute Gasteiger partial charge is 0.0586 e. The first-order valence-corrected chi connectivity index (χ1v) is 5.24. The highest BCUT2D eigenvalue weighted by Gasteiger charge is 2.18. The number of hydrogen-bond donors (Lipinski definition) is 1. The largest absolute Gasteiger partial charge is 0.395 e. The minimum atomic E-state index is 0.219. The maximum atomic E-state index is 9.20. The number of likely N-dealkylation sites (tertiary alicyclic amines) is 1. The fourth-order valence-electron chi connectivity index (χ4n) is 1.96. The lowest BCUT2D eigenvalue weighted by atomic mass is 10.1. The molecule has 14 heavy (non-hydrogen) atoms. The van der Waals surface area contributed by atoms with Crippen LogP contribution in [0.4, 0.5) is 0 Å². The van der Waals surface area contributed by atoms with Gasteiger partial charge in [-0.15, -0.1) is 0 Å². The molecule has 1 heterocycles. The van der Waals surface area contributed by atoms with E-state index in [1.54, 1.807) is 0 Å². The first kappa shape index (κ1) is 11.3. The Bertz CT molecular complexity index is 203. The highest BCUT2D eigenvalue weighted by atomic mass is 16.3. The highest BCUT2D eigenvalue weighted by Crippen LogP contribution is 2.15. The van der Waals surface area contributed by atoms with E-state index in [1.807, 2.05) is 0 Å². The first-order chi connectivity index (χ1) is 6.88. The molecule has 0 amide bonds. The summed E-state index contributed by atoms with van der Waals surface area (Å²) in [7, 11) is 0. The van der Waals surface area contributed by atoms with Gasteiger partial charge in [0.15, 0.2) is 0 Å². The molecule has 80 valence electrons. The van der Waals surface area contributed by atoms with Gasteiger partial charge in [-0.3, -0.25) is 4.90 Å². The van der Waals surface area contributed by atoms with Gasteiger partial charge in [-0.2, -0.15) is 0 Å². The van der Waals surface area contributed by atoms with Gasteiger partial charge < -0.3 is 5.11 Å². The van der Waals surface area contributed by atoms with Crippen LogP contribution in [0.3, 0.4) is 0 Å². The monoisotopic (exact) mass is 198 g/mol. The summed E-state index contributed by atoms with van der Waals surface area (Å²) in [5.74, 6) is 0. The van der Waals surface area contributed by atoms with Gasteiger partial charge in [0.2, 0.25) is 0 Å². The van der Waals surface area contributed by atoms with Crippen molar-refractivity contribution in [1.29, 1.82) is 0 Å². The van der Waals surface area contributed by atoms with Crippen molar-refractivity contribution in [2.24, 2.45) is 5.11 Å². The molecule has 1 atom stereocenters. The van der Waals surface area contributed by atoms with Gasteiger partial charge in [-0.05, 0) is 24.9 Å². The minimum Gasteiger partial charge on any atom is -0.395 e. The molecule has 5 heteroatoms. The van der Waals surface area contributed by atoms with Crippen molar-refractivity contribution in [2.75, 3.05) is 26.2 Å². The van der Waals surface area contributed by atoms with Crippen molar-refractivity contribution in [2.45, 2.75) is 31.7 Å². The topological polar surface area (TPSA) is 72.2 Å². The van der Waals surface area contributed by atoms with E-state index in [1.165, 1.54) is 19.3 Å². The van der Waals surface area contributed by atoms with E-state index in [0.717, 1.165) is 19.5 Å². The Kier molecular flexibility index (Phi) is 5.37. The highest BCUT2D eigenvalue weighted by molar-refractivity contribution is 4.75. The van der Waals surface area contributed by atoms with E-state index in [4.69, 9.17) is 5.53 Å². The molecule has 1 rings (SSSR count). The van der Waals surface area contributed by atoms with Crippen molar-refractivity contribution in [3.8, 4) is 0 Å². The predicted octanol–water partition coefficient (Wildman–Crippen LogP) is 1.53. The van der Waals surface area contributed by atoms with E-state index in [2.05, 4.69) is 14.9 Å². The standard InChI is InChI=1S/C9H18N4O/c10-12-11-5-7-13-6-3-1-2-4-9(13)8-14/h9,14H,1-8H2. The lowest BCUT2D eigenvalue weighted by Gasteiger charge is -2.27. The number of aliphatic hydroxyl groups is 1. The van der Waals surface area contributed by atoms with Gasteiger partial charge in [-0.1, -0.05) is 18.0 Å². The Hall–Kier alpha value is -0.770. The van der Waals surface area contributed by atoms with Crippen LogP contribution in [0.25, 0.3) is 10.4 Å². The summed E-state index contributed by atoms with van der Waals surface area (Å²) in [5.41, 5.74) is 8.16. The number of nitrogens with zero attached hydrogens (tertiary/aromatic N) is 4. The van der Waals surface area contributed by atoms with Crippen LogP contribution in [-0.2, 0) is 0 Å². The molecule has 0 aromatic rings. The molecule has 1 N–H and O–H groups in total. The van der Waals surface area contributed by atoms with Gasteiger partial charge in [0.25, 0.3) is 0 Å². The van der Waals surface area contributed by atoms with Gasteiger partial charge in [0.05, 0.1) is 6.61 Å². The van der Waals surface area contributed by atoms with Gasteiger partial charge in [0, 0.05) is 24.0 Å². The summed E-state index contributed by atoms with van der Waals surface area (Å²) in [6, 6.07) is 0.270. The maximum Gasteiger partial charge on any atom is 0.0586 e. The van der Waals surface area contributed by atoms with Crippen LogP contribution in [-0.4, -0.2) is 42.3 Å². The normalized spacial score (nSPS) is 23.9. The van der Waals surface area contributed by atoms with Crippen LogP contribution in [0.2, 0.25) is 0 Å². The molecule has 1 unspecified atom stereocenters. The lowest BCUT2D eigenvalue weighted by Crippen LogP contribution is -2.39. The van der Waals surface area contributed by atoms with E-state index < -0.39 is 0 Å². The second kappa shape index (κ2) is 6.65. The molecule has 0 spiro atoms. The Labute approximate surface area is 84.3 Å². The molecule has 0 saturated carbocycles. The zero-order valence-corrected chi connectivity index (χ0v) is 8.47. The zero-order chi connectivity index (χ0) is 10.2. The zero-order valence-electron chi connectivity index (χ0n) is 8.47. The quantitative estimate of drug-likeness (QED) is 0.422. The molecule has 0 aromatic heterocycles. The van der Waals surface area contributed by atoms with E-state index >= 15 is 0 Å². The Balaban J connectivity index is 2.39. The molecule has 1 fully saturated rings. The average Bonchev–Trinajstić information content (AvgIpc) is 2.43. The number of rotatable bonds is 4. The first-order valence-electron chi connectivity index (χ1n) is 5.24. The van der Waals surface area contributed by atoms with Crippen LogP contribution in [0.15, 0.2) is 5.11 Å². The van der Waals surface area contributed by atoms with Crippen molar-refractivity contribution in [1.82, 2.24) is 4.90 Å². The third-order valence-corrected chi connectivity index (χ3v) is 2.76. The van der Waals surface area contributed by atoms with Crippen molar-refractivity contribution in [3.63, 3.8) is 0 Å². The number of azide groups is 1. The average molecular weight is 198 g/mol. The maximum absolute atomic E-state index is 9.20. The lowest BCUT2D eigenvalue weighted by molar-refractivity contribution is 0.127. The molecule has 0 radical (unpaired) electrons. The molecule has 5 nitrogen and oxygen atoms in total. The van der Waals surface area contributed by atoms with Crippen LogP contribution in [0, 0.1) is 0 Å². The molecule has 0 aliphatic carbocycles. The second-order valence-corrected chi connectivity index (χ2v) is 3.68. The molecular weight excluding hydrogens is 180 g/mol. The Morgan fingerprint density at radius 1 is 1.43 bits per heavy atom. The summed E-state index contributed by atoms with van der Waals surface area (Å²) >= 11 is 0. The van der Waals surface area contributed by atoms with Gasteiger partial charge in [-0.25, -0.2) is 0 Å². The SMILES string of the molecule is [N-]=[N+]=NCCN1CCCCCC1CO. The third kappa shape index (κ3) is 3.54. The van der Waals surface area contributed by atoms with Crippen LogP contribution in [0.5, 0.6) is 0 Å². The molecule has 0 aromatic carbocycles. The second-order valence-electron chi connectivity index (χ2n) is 3.68. The predicted molar refractivity (Wildman–Crippen MR) is 54.9 cm³/mol. The summed E-state index contributed by atoms with van der Waals surface area (Å²) < 4.78 is 0. The van der Waals surface area contributed by atoms with Gasteiger partial charge in [0.1, 0.15) is 0 Å². The third-order valence-electron chi connectivity index (χ3n) is 2.76.